The first-order valence-electron chi connectivity index (χ1n) is 5.73. The van der Waals surface area contributed by atoms with Gasteiger partial charge < -0.3 is 10.0 Å². The van der Waals surface area contributed by atoms with E-state index < -0.39 is 0 Å². The van der Waals surface area contributed by atoms with E-state index in [4.69, 9.17) is 0 Å². The predicted molar refractivity (Wildman–Crippen MR) is 57.3 cm³/mol. The number of likely N-dealkylation sites (N-methyl/N-ethyl adjacent to an activating group) is 1. The Morgan fingerprint density at radius 3 is 2.64 bits per heavy atom. The fourth-order valence-electron chi connectivity index (χ4n) is 2.79. The standard InChI is InChI=1S/C11H22N2O/c1-12(2)5-6-13-8-9-3-4-10(13)7-11(9)14/h9-11,14H,3-8H2,1-2H3. The van der Waals surface area contributed by atoms with Crippen LogP contribution in [0.1, 0.15) is 19.3 Å². The summed E-state index contributed by atoms with van der Waals surface area (Å²) in [6, 6.07) is 0.662. The van der Waals surface area contributed by atoms with Gasteiger partial charge in [0, 0.05) is 25.7 Å². The minimum atomic E-state index is -0.00986. The third-order valence-corrected chi connectivity index (χ3v) is 3.75. The van der Waals surface area contributed by atoms with Crippen molar-refractivity contribution in [1.82, 2.24) is 9.80 Å². The molecule has 2 bridgehead atoms. The van der Waals surface area contributed by atoms with Gasteiger partial charge in [0.1, 0.15) is 0 Å². The van der Waals surface area contributed by atoms with Crippen LogP contribution < -0.4 is 0 Å². The molecule has 0 radical (unpaired) electrons. The van der Waals surface area contributed by atoms with Crippen LogP contribution in [0.5, 0.6) is 0 Å². The summed E-state index contributed by atoms with van der Waals surface area (Å²) in [7, 11) is 4.24. The molecule has 0 aromatic carbocycles. The molecule has 3 aliphatic rings. The van der Waals surface area contributed by atoms with Gasteiger partial charge in [0.15, 0.2) is 0 Å². The molecule has 1 aliphatic carbocycles. The Hall–Kier alpha value is -0.120. The Balaban J connectivity index is 1.84. The Kier molecular flexibility index (Phi) is 3.10. The quantitative estimate of drug-likeness (QED) is 0.711. The molecule has 0 aromatic heterocycles. The van der Waals surface area contributed by atoms with Crippen LogP contribution in [-0.4, -0.2) is 60.8 Å². The second-order valence-corrected chi connectivity index (χ2v) is 5.09. The van der Waals surface area contributed by atoms with E-state index in [9.17, 15) is 5.11 Å². The van der Waals surface area contributed by atoms with Crippen molar-refractivity contribution in [3.8, 4) is 0 Å². The van der Waals surface area contributed by atoms with E-state index in [2.05, 4.69) is 23.9 Å². The fourth-order valence-corrected chi connectivity index (χ4v) is 2.79. The van der Waals surface area contributed by atoms with Gasteiger partial charge in [0.25, 0.3) is 0 Å². The molecule has 2 saturated heterocycles. The van der Waals surface area contributed by atoms with Gasteiger partial charge in [0.05, 0.1) is 6.10 Å². The van der Waals surface area contributed by atoms with Crippen molar-refractivity contribution in [3.05, 3.63) is 0 Å². The summed E-state index contributed by atoms with van der Waals surface area (Å²) in [6.45, 7) is 3.43. The Bertz CT molecular complexity index is 196. The van der Waals surface area contributed by atoms with E-state index in [1.165, 1.54) is 19.4 Å². The van der Waals surface area contributed by atoms with Gasteiger partial charge in [-0.2, -0.15) is 0 Å². The summed E-state index contributed by atoms with van der Waals surface area (Å²) in [4.78, 5) is 4.81. The van der Waals surface area contributed by atoms with Crippen LogP contribution in [0.2, 0.25) is 0 Å². The number of fused-ring (bicyclic) bond motifs is 3. The molecule has 0 spiro atoms. The summed E-state index contributed by atoms with van der Waals surface area (Å²) in [5.41, 5.74) is 0. The molecule has 14 heavy (non-hydrogen) atoms. The third-order valence-electron chi connectivity index (χ3n) is 3.75. The minimum Gasteiger partial charge on any atom is -0.393 e. The van der Waals surface area contributed by atoms with Crippen LogP contribution in [0, 0.1) is 5.92 Å². The van der Waals surface area contributed by atoms with Crippen molar-refractivity contribution in [3.63, 3.8) is 0 Å². The Morgan fingerprint density at radius 1 is 1.36 bits per heavy atom. The highest BCUT2D eigenvalue weighted by atomic mass is 16.3. The highest BCUT2D eigenvalue weighted by Crippen LogP contribution is 2.34. The van der Waals surface area contributed by atoms with Crippen molar-refractivity contribution in [2.75, 3.05) is 33.7 Å². The van der Waals surface area contributed by atoms with Gasteiger partial charge in [-0.25, -0.2) is 0 Å². The largest absolute Gasteiger partial charge is 0.393 e. The highest BCUT2D eigenvalue weighted by Gasteiger charge is 2.38. The summed E-state index contributed by atoms with van der Waals surface area (Å²) >= 11 is 0. The van der Waals surface area contributed by atoms with Crippen molar-refractivity contribution in [2.24, 2.45) is 5.92 Å². The molecule has 2 aliphatic heterocycles. The van der Waals surface area contributed by atoms with E-state index in [-0.39, 0.29) is 6.10 Å². The van der Waals surface area contributed by atoms with Crippen LogP contribution in [0.25, 0.3) is 0 Å². The van der Waals surface area contributed by atoms with Gasteiger partial charge >= 0.3 is 0 Å². The summed E-state index contributed by atoms with van der Waals surface area (Å²) in [5.74, 6) is 0.558. The number of aliphatic hydroxyl groups excluding tert-OH is 1. The molecule has 3 heteroatoms. The fraction of sp³-hybridized carbons (Fsp3) is 1.00. The lowest BCUT2D eigenvalue weighted by Gasteiger charge is -2.48. The second kappa shape index (κ2) is 4.17. The molecule has 0 amide bonds. The molecule has 3 rings (SSSR count). The maximum atomic E-state index is 9.76. The van der Waals surface area contributed by atoms with E-state index in [1.54, 1.807) is 0 Å². The lowest BCUT2D eigenvalue weighted by Crippen LogP contribution is -2.55. The van der Waals surface area contributed by atoms with Gasteiger partial charge in [-0.1, -0.05) is 0 Å². The van der Waals surface area contributed by atoms with Crippen LogP contribution >= 0.6 is 0 Å². The minimum absolute atomic E-state index is 0.00986. The van der Waals surface area contributed by atoms with Gasteiger partial charge in [-0.3, -0.25) is 4.90 Å². The predicted octanol–water partition coefficient (Wildman–Crippen LogP) is 0.393. The van der Waals surface area contributed by atoms with Crippen molar-refractivity contribution >= 4 is 0 Å². The summed E-state index contributed by atoms with van der Waals surface area (Å²) < 4.78 is 0. The molecular weight excluding hydrogens is 176 g/mol. The first-order chi connectivity index (χ1) is 6.66. The van der Waals surface area contributed by atoms with Gasteiger partial charge in [-0.05, 0) is 39.3 Å². The second-order valence-electron chi connectivity index (χ2n) is 5.09. The van der Waals surface area contributed by atoms with E-state index in [1.807, 2.05) is 0 Å². The number of piperidine rings is 2. The first-order valence-corrected chi connectivity index (χ1v) is 5.73. The first kappa shape index (κ1) is 10.4. The smallest absolute Gasteiger partial charge is 0.0595 e. The maximum Gasteiger partial charge on any atom is 0.0595 e. The molecule has 1 saturated carbocycles. The van der Waals surface area contributed by atoms with Crippen molar-refractivity contribution in [2.45, 2.75) is 31.4 Å². The van der Waals surface area contributed by atoms with Crippen molar-refractivity contribution < 1.29 is 5.11 Å². The summed E-state index contributed by atoms with van der Waals surface area (Å²) in [6.07, 6.45) is 3.54. The zero-order valence-corrected chi connectivity index (χ0v) is 9.32. The molecule has 0 aromatic rings. The van der Waals surface area contributed by atoms with Gasteiger partial charge in [0.2, 0.25) is 0 Å². The molecule has 3 fully saturated rings. The monoisotopic (exact) mass is 198 g/mol. The normalized spacial score (nSPS) is 38.1. The molecular formula is C11H22N2O. The SMILES string of the molecule is CN(C)CCN1CC2CCC1CC2O. The van der Waals surface area contributed by atoms with Crippen molar-refractivity contribution in [1.29, 1.82) is 0 Å². The Labute approximate surface area is 86.7 Å². The molecule has 82 valence electrons. The topological polar surface area (TPSA) is 26.7 Å². The third kappa shape index (κ3) is 2.10. The lowest BCUT2D eigenvalue weighted by molar-refractivity contribution is -0.0503. The highest BCUT2D eigenvalue weighted by molar-refractivity contribution is 4.93. The number of aliphatic hydroxyl groups is 1. The van der Waals surface area contributed by atoms with E-state index in [0.717, 1.165) is 19.5 Å². The summed E-state index contributed by atoms with van der Waals surface area (Å²) in [5, 5.41) is 9.76. The van der Waals surface area contributed by atoms with Crippen LogP contribution in [0.15, 0.2) is 0 Å². The van der Waals surface area contributed by atoms with E-state index >= 15 is 0 Å². The number of hydrogen-bond acceptors (Lipinski definition) is 3. The number of nitrogens with zero attached hydrogens (tertiary/aromatic N) is 2. The van der Waals surface area contributed by atoms with E-state index in [0.29, 0.717) is 12.0 Å². The molecule has 1 N–H and O–H groups in total. The van der Waals surface area contributed by atoms with Crippen LogP contribution in [0.3, 0.4) is 0 Å². The number of rotatable bonds is 3. The molecule has 3 atom stereocenters. The average Bonchev–Trinajstić information content (AvgIpc) is 2.16. The molecule has 3 unspecified atom stereocenters. The van der Waals surface area contributed by atoms with Crippen LogP contribution in [-0.2, 0) is 0 Å². The van der Waals surface area contributed by atoms with Gasteiger partial charge in [-0.15, -0.1) is 0 Å². The lowest BCUT2D eigenvalue weighted by atomic mass is 9.78. The maximum absolute atomic E-state index is 9.76. The average molecular weight is 198 g/mol. The Morgan fingerprint density at radius 2 is 2.14 bits per heavy atom. The zero-order chi connectivity index (χ0) is 10.1. The zero-order valence-electron chi connectivity index (χ0n) is 9.32. The molecule has 2 heterocycles. The van der Waals surface area contributed by atoms with Crippen LogP contribution in [0.4, 0.5) is 0 Å². The number of hydrogen-bond donors (Lipinski definition) is 1. The molecule has 3 nitrogen and oxygen atoms in total.